The van der Waals surface area contributed by atoms with Gasteiger partial charge in [-0.25, -0.2) is 4.99 Å². The highest BCUT2D eigenvalue weighted by molar-refractivity contribution is 5.79. The molecule has 0 atom stereocenters. The fourth-order valence-corrected chi connectivity index (χ4v) is 0.112. The van der Waals surface area contributed by atoms with Gasteiger partial charge in [-0.05, 0) is 0 Å². The van der Waals surface area contributed by atoms with E-state index >= 15 is 0 Å². The quantitative estimate of drug-likeness (QED) is 0.299. The molecule has 0 fully saturated rings. The molecule has 8 heavy (non-hydrogen) atoms. The van der Waals surface area contributed by atoms with Crippen LogP contribution in [0.25, 0.3) is 0 Å². The first kappa shape index (κ1) is 3.71. The lowest BCUT2D eigenvalue weighted by molar-refractivity contribution is -0.135. The maximum absolute atomic E-state index is 9.96. The van der Waals surface area contributed by atoms with Crippen LogP contribution in [-0.4, -0.2) is 23.5 Å². The fraction of sp³-hybridized carbons (Fsp3) is 0.333. The molecule has 5 heteroatoms. The van der Waals surface area contributed by atoms with Crippen LogP contribution >= 0.6 is 0 Å². The van der Waals surface area contributed by atoms with Gasteiger partial charge >= 0.3 is 5.97 Å². The molecule has 5 nitrogen and oxygen atoms in total. The number of guanidine groups is 1. The minimum Gasteiger partial charge on any atom is -0.480 e. The second-order valence-corrected chi connectivity index (χ2v) is 0.954. The summed E-state index contributed by atoms with van der Waals surface area (Å²) >= 11 is 0. The molecule has 0 aliphatic rings. The zero-order chi connectivity index (χ0) is 8.36. The Kier molecular flexibility index (Phi) is 1.32. The maximum Gasteiger partial charge on any atom is 0.325 e. The fourth-order valence-electron chi connectivity index (χ4n) is 0.112. The SMILES string of the molecule is [2H]C([2H])(N=C(N)N)C(=O)O. The van der Waals surface area contributed by atoms with E-state index in [0.717, 1.165) is 0 Å². The van der Waals surface area contributed by atoms with Crippen LogP contribution in [-0.2, 0) is 4.79 Å². The minimum absolute atomic E-state index is 0.590. The molecule has 0 aromatic rings. The summed E-state index contributed by atoms with van der Waals surface area (Å²) in [6.07, 6.45) is 0. The summed E-state index contributed by atoms with van der Waals surface area (Å²) in [6, 6.07) is 0. The molecule has 5 N–H and O–H groups in total. The van der Waals surface area contributed by atoms with Crippen molar-refractivity contribution in [2.45, 2.75) is 0 Å². The molecule has 0 unspecified atom stereocenters. The van der Waals surface area contributed by atoms with E-state index in [-0.39, 0.29) is 0 Å². The van der Waals surface area contributed by atoms with E-state index in [2.05, 4.69) is 4.99 Å². The lowest BCUT2D eigenvalue weighted by Gasteiger charge is -1.85. The third-order valence-corrected chi connectivity index (χ3v) is 0.281. The molecule has 0 heterocycles. The molecule has 0 amide bonds. The largest absolute Gasteiger partial charge is 0.480 e. The van der Waals surface area contributed by atoms with Gasteiger partial charge in [0.05, 0.1) is 2.74 Å². The van der Waals surface area contributed by atoms with Gasteiger partial charge in [0.2, 0.25) is 0 Å². The van der Waals surface area contributed by atoms with Gasteiger partial charge in [0.15, 0.2) is 5.96 Å². The van der Waals surface area contributed by atoms with E-state index in [4.69, 9.17) is 19.3 Å². The Morgan fingerprint density at radius 2 is 2.38 bits per heavy atom. The zero-order valence-electron chi connectivity index (χ0n) is 5.96. The average molecular weight is 119 g/mol. The van der Waals surface area contributed by atoms with Crippen LogP contribution in [0.4, 0.5) is 0 Å². The zero-order valence-corrected chi connectivity index (χ0v) is 3.96. The van der Waals surface area contributed by atoms with Gasteiger partial charge < -0.3 is 16.6 Å². The number of hydrogen-bond donors (Lipinski definition) is 3. The predicted molar refractivity (Wildman–Crippen MR) is 28.3 cm³/mol. The maximum atomic E-state index is 9.96. The molecule has 0 rings (SSSR count). The van der Waals surface area contributed by atoms with Crippen LogP contribution in [0, 0.1) is 0 Å². The molecule has 0 saturated heterocycles. The second kappa shape index (κ2) is 2.84. The van der Waals surface area contributed by atoms with E-state index in [0.29, 0.717) is 0 Å². The van der Waals surface area contributed by atoms with Crippen molar-refractivity contribution in [2.75, 3.05) is 6.50 Å². The number of rotatable bonds is 2. The highest BCUT2D eigenvalue weighted by atomic mass is 16.4. The Morgan fingerprint density at radius 3 is 2.50 bits per heavy atom. The van der Waals surface area contributed by atoms with Crippen molar-refractivity contribution >= 4 is 11.9 Å². The van der Waals surface area contributed by atoms with E-state index in [1.165, 1.54) is 0 Å². The van der Waals surface area contributed by atoms with E-state index in [1.54, 1.807) is 0 Å². The Bertz CT molecular complexity index is 175. The highest BCUT2D eigenvalue weighted by Crippen LogP contribution is 1.65. The first-order chi connectivity index (χ1) is 4.36. The summed E-state index contributed by atoms with van der Waals surface area (Å²) in [7, 11) is 0. The van der Waals surface area contributed by atoms with E-state index in [9.17, 15) is 4.79 Å². The molecule has 0 radical (unpaired) electrons. The summed E-state index contributed by atoms with van der Waals surface area (Å²) in [4.78, 5) is 12.8. The van der Waals surface area contributed by atoms with Gasteiger partial charge in [-0.3, -0.25) is 4.79 Å². The number of hydrogen-bond acceptors (Lipinski definition) is 2. The van der Waals surface area contributed by atoms with Crippen LogP contribution in [0.1, 0.15) is 2.74 Å². The normalized spacial score (nSPS) is 13.5. The number of carboxylic acids is 1. The molecular formula is C3H7N3O2. The summed E-state index contributed by atoms with van der Waals surface area (Å²) in [5, 5.41) is 8.10. The predicted octanol–water partition coefficient (Wildman–Crippen LogP) is -1.66. The number of nitrogens with zero attached hydrogens (tertiary/aromatic N) is 1. The monoisotopic (exact) mass is 119 g/mol. The van der Waals surface area contributed by atoms with E-state index in [1.807, 2.05) is 0 Å². The first-order valence-electron chi connectivity index (χ1n) is 2.70. The van der Waals surface area contributed by atoms with Crippen LogP contribution in [0.2, 0.25) is 0 Å². The standard InChI is InChI=1S/C3H7N3O2/c4-3(5)6-1-2(7)8/h1H2,(H,7,8)(H4,4,5,6)/i1D2. The van der Waals surface area contributed by atoms with Gasteiger partial charge in [-0.15, -0.1) is 0 Å². The molecule has 0 aromatic heterocycles. The van der Waals surface area contributed by atoms with Gasteiger partial charge in [0.1, 0.15) is 6.50 Å². The first-order valence-corrected chi connectivity index (χ1v) is 1.70. The summed E-state index contributed by atoms with van der Waals surface area (Å²) in [6.45, 7) is -2.72. The molecule has 0 bridgehead atoms. The van der Waals surface area contributed by atoms with Crippen molar-refractivity contribution in [1.82, 2.24) is 0 Å². The highest BCUT2D eigenvalue weighted by Gasteiger charge is 1.90. The van der Waals surface area contributed by atoms with E-state index < -0.39 is 18.4 Å². The average Bonchev–Trinajstić information content (AvgIpc) is 1.60. The van der Waals surface area contributed by atoms with Crippen molar-refractivity contribution in [1.29, 1.82) is 0 Å². The van der Waals surface area contributed by atoms with Crippen LogP contribution in [0.5, 0.6) is 0 Å². The van der Waals surface area contributed by atoms with Crippen LogP contribution in [0.3, 0.4) is 0 Å². The molecule has 0 aliphatic heterocycles. The number of aliphatic imine (C=N–C) groups is 1. The Balaban J connectivity index is 4.42. The number of carbonyl (C=O) groups is 1. The van der Waals surface area contributed by atoms with Crippen molar-refractivity contribution in [3.63, 3.8) is 0 Å². The third kappa shape index (κ3) is 4.74. The van der Waals surface area contributed by atoms with Crippen molar-refractivity contribution < 1.29 is 12.6 Å². The summed E-state index contributed by atoms with van der Waals surface area (Å²) in [5.74, 6) is -2.31. The van der Waals surface area contributed by atoms with Crippen LogP contribution in [0.15, 0.2) is 4.99 Å². The van der Waals surface area contributed by atoms with Crippen LogP contribution < -0.4 is 11.5 Å². The second-order valence-electron chi connectivity index (χ2n) is 0.954. The molecule has 46 valence electrons. The van der Waals surface area contributed by atoms with Gasteiger partial charge in [0.25, 0.3) is 0 Å². The summed E-state index contributed by atoms with van der Waals surface area (Å²) in [5.41, 5.74) is 9.48. The van der Waals surface area contributed by atoms with Gasteiger partial charge in [-0.1, -0.05) is 0 Å². The Morgan fingerprint density at radius 1 is 1.88 bits per heavy atom. The Hall–Kier alpha value is -1.26. The lowest BCUT2D eigenvalue weighted by Crippen LogP contribution is -2.24. The topological polar surface area (TPSA) is 102 Å². The molecular weight excluding hydrogens is 110 g/mol. The molecule has 0 saturated carbocycles. The number of aliphatic carboxylic acids is 1. The Labute approximate surface area is 48.8 Å². The molecule has 0 spiro atoms. The third-order valence-electron chi connectivity index (χ3n) is 0.281. The lowest BCUT2D eigenvalue weighted by atomic mass is 10.7. The summed E-state index contributed by atoms with van der Waals surface area (Å²) < 4.78 is 13.3. The van der Waals surface area contributed by atoms with Gasteiger partial charge in [-0.2, -0.15) is 0 Å². The smallest absolute Gasteiger partial charge is 0.325 e. The number of nitrogens with two attached hydrogens (primary N) is 2. The van der Waals surface area contributed by atoms with Gasteiger partial charge in [0, 0.05) is 0 Å². The molecule has 0 aromatic carbocycles. The van der Waals surface area contributed by atoms with Crippen molar-refractivity contribution in [3.05, 3.63) is 0 Å². The molecule has 0 aliphatic carbocycles. The van der Waals surface area contributed by atoms with Crippen molar-refractivity contribution in [3.8, 4) is 0 Å². The van der Waals surface area contributed by atoms with Crippen molar-refractivity contribution in [2.24, 2.45) is 16.5 Å². The minimum atomic E-state index is -2.72. The number of carboxylic acid groups (broad SMARTS) is 1.